The van der Waals surface area contributed by atoms with Crippen LogP contribution in [0.25, 0.3) is 0 Å². The van der Waals surface area contributed by atoms with Crippen molar-refractivity contribution in [3.63, 3.8) is 0 Å². The fourth-order valence-electron chi connectivity index (χ4n) is 1.32. The van der Waals surface area contributed by atoms with Crippen molar-refractivity contribution < 1.29 is 9.53 Å². The van der Waals surface area contributed by atoms with E-state index >= 15 is 0 Å². The van der Waals surface area contributed by atoms with Gasteiger partial charge in [-0.25, -0.2) is 0 Å². The number of rotatable bonds is 7. The SMILES string of the molecule is COCC(C)NC(=O)CCNC1CC1. The lowest BCUT2D eigenvalue weighted by molar-refractivity contribution is -0.121. The fraction of sp³-hybridized carbons (Fsp3) is 0.900. The van der Waals surface area contributed by atoms with Crippen LogP contribution in [0.2, 0.25) is 0 Å². The van der Waals surface area contributed by atoms with Crippen LogP contribution in [0.5, 0.6) is 0 Å². The summed E-state index contributed by atoms with van der Waals surface area (Å²) in [4.78, 5) is 11.3. The van der Waals surface area contributed by atoms with E-state index in [4.69, 9.17) is 4.74 Å². The van der Waals surface area contributed by atoms with E-state index in [0.717, 1.165) is 6.54 Å². The molecule has 1 aliphatic rings. The maximum Gasteiger partial charge on any atom is 0.221 e. The van der Waals surface area contributed by atoms with Crippen LogP contribution in [0.1, 0.15) is 26.2 Å². The topological polar surface area (TPSA) is 50.4 Å². The molecule has 2 N–H and O–H groups in total. The lowest BCUT2D eigenvalue weighted by atomic mass is 10.3. The average molecular weight is 200 g/mol. The van der Waals surface area contributed by atoms with Gasteiger partial charge in [-0.05, 0) is 19.8 Å². The molecule has 1 amide bonds. The Bertz CT molecular complexity index is 181. The van der Waals surface area contributed by atoms with E-state index in [2.05, 4.69) is 10.6 Å². The van der Waals surface area contributed by atoms with E-state index in [9.17, 15) is 4.79 Å². The molecule has 0 heterocycles. The summed E-state index contributed by atoms with van der Waals surface area (Å²) in [5.74, 6) is 0.0997. The largest absolute Gasteiger partial charge is 0.383 e. The van der Waals surface area contributed by atoms with Gasteiger partial charge in [0.15, 0.2) is 0 Å². The lowest BCUT2D eigenvalue weighted by Crippen LogP contribution is -2.37. The Morgan fingerprint density at radius 1 is 1.57 bits per heavy atom. The van der Waals surface area contributed by atoms with Crippen LogP contribution in [0.15, 0.2) is 0 Å². The van der Waals surface area contributed by atoms with Crippen LogP contribution in [0, 0.1) is 0 Å². The zero-order valence-corrected chi connectivity index (χ0v) is 9.01. The van der Waals surface area contributed by atoms with Gasteiger partial charge in [0.1, 0.15) is 0 Å². The number of amides is 1. The van der Waals surface area contributed by atoms with Gasteiger partial charge < -0.3 is 15.4 Å². The summed E-state index contributed by atoms with van der Waals surface area (Å²) < 4.78 is 4.93. The molecule has 1 aliphatic carbocycles. The van der Waals surface area contributed by atoms with Crippen molar-refractivity contribution in [2.24, 2.45) is 0 Å². The molecule has 0 aromatic rings. The highest BCUT2D eigenvalue weighted by Crippen LogP contribution is 2.18. The lowest BCUT2D eigenvalue weighted by Gasteiger charge is -2.12. The Morgan fingerprint density at radius 2 is 2.29 bits per heavy atom. The second-order valence-electron chi connectivity index (χ2n) is 3.90. The highest BCUT2D eigenvalue weighted by molar-refractivity contribution is 5.76. The number of carbonyl (C=O) groups excluding carboxylic acids is 1. The van der Waals surface area contributed by atoms with Crippen molar-refractivity contribution in [3.8, 4) is 0 Å². The molecule has 1 atom stereocenters. The van der Waals surface area contributed by atoms with E-state index < -0.39 is 0 Å². The summed E-state index contributed by atoms with van der Waals surface area (Å²) >= 11 is 0. The average Bonchev–Trinajstić information content (AvgIpc) is 2.88. The highest BCUT2D eigenvalue weighted by atomic mass is 16.5. The standard InChI is InChI=1S/C10H20N2O2/c1-8(7-14-2)12-10(13)5-6-11-9-3-4-9/h8-9,11H,3-7H2,1-2H3,(H,12,13). The molecule has 82 valence electrons. The zero-order chi connectivity index (χ0) is 10.4. The van der Waals surface area contributed by atoms with Gasteiger partial charge in [0, 0.05) is 32.2 Å². The molecule has 0 aromatic carbocycles. The van der Waals surface area contributed by atoms with Gasteiger partial charge in [-0.3, -0.25) is 4.79 Å². The van der Waals surface area contributed by atoms with Crippen molar-refractivity contribution >= 4 is 5.91 Å². The van der Waals surface area contributed by atoms with Crippen molar-refractivity contribution in [1.29, 1.82) is 0 Å². The summed E-state index contributed by atoms with van der Waals surface area (Å²) in [6.07, 6.45) is 3.09. The van der Waals surface area contributed by atoms with Gasteiger partial charge in [0.05, 0.1) is 6.61 Å². The summed E-state index contributed by atoms with van der Waals surface area (Å²) in [5.41, 5.74) is 0. The summed E-state index contributed by atoms with van der Waals surface area (Å²) in [5, 5.41) is 6.17. The quantitative estimate of drug-likeness (QED) is 0.620. The predicted molar refractivity (Wildman–Crippen MR) is 55.1 cm³/mol. The highest BCUT2D eigenvalue weighted by Gasteiger charge is 2.20. The second-order valence-corrected chi connectivity index (χ2v) is 3.90. The third kappa shape index (κ3) is 5.19. The van der Waals surface area contributed by atoms with Crippen molar-refractivity contribution in [3.05, 3.63) is 0 Å². The van der Waals surface area contributed by atoms with Crippen molar-refractivity contribution in [2.45, 2.75) is 38.3 Å². The summed E-state index contributed by atoms with van der Waals surface area (Å²) in [7, 11) is 1.64. The molecular formula is C10H20N2O2. The number of nitrogens with one attached hydrogen (secondary N) is 2. The molecule has 1 unspecified atom stereocenters. The minimum Gasteiger partial charge on any atom is -0.383 e. The maximum absolute atomic E-state index is 11.3. The molecule has 0 aromatic heterocycles. The maximum atomic E-state index is 11.3. The molecule has 0 saturated heterocycles. The minimum atomic E-state index is 0.0997. The zero-order valence-electron chi connectivity index (χ0n) is 9.01. The molecule has 0 spiro atoms. The normalized spacial score (nSPS) is 17.9. The van der Waals surface area contributed by atoms with Gasteiger partial charge in [0.2, 0.25) is 5.91 Å². The Kier molecular flexibility index (Phi) is 4.90. The summed E-state index contributed by atoms with van der Waals surface area (Å²) in [6.45, 7) is 3.30. The number of ether oxygens (including phenoxy) is 1. The molecule has 4 heteroatoms. The first-order valence-corrected chi connectivity index (χ1v) is 5.24. The van der Waals surface area contributed by atoms with Gasteiger partial charge in [-0.15, -0.1) is 0 Å². The molecule has 0 aliphatic heterocycles. The van der Waals surface area contributed by atoms with E-state index in [1.165, 1.54) is 12.8 Å². The van der Waals surface area contributed by atoms with Crippen molar-refractivity contribution in [2.75, 3.05) is 20.3 Å². The molecule has 0 radical (unpaired) electrons. The van der Waals surface area contributed by atoms with Crippen LogP contribution in [-0.4, -0.2) is 38.3 Å². The Balaban J connectivity index is 1.96. The van der Waals surface area contributed by atoms with Crippen LogP contribution in [-0.2, 0) is 9.53 Å². The Morgan fingerprint density at radius 3 is 2.86 bits per heavy atom. The molecule has 1 rings (SSSR count). The number of hydrogen-bond acceptors (Lipinski definition) is 3. The van der Waals surface area contributed by atoms with Crippen LogP contribution < -0.4 is 10.6 Å². The first-order chi connectivity index (χ1) is 6.72. The van der Waals surface area contributed by atoms with Crippen molar-refractivity contribution in [1.82, 2.24) is 10.6 Å². The van der Waals surface area contributed by atoms with E-state index in [1.54, 1.807) is 7.11 Å². The van der Waals surface area contributed by atoms with E-state index in [-0.39, 0.29) is 11.9 Å². The molecule has 0 bridgehead atoms. The monoisotopic (exact) mass is 200 g/mol. The predicted octanol–water partition coefficient (Wildman–Crippen LogP) is 0.280. The number of methoxy groups -OCH3 is 1. The molecule has 14 heavy (non-hydrogen) atoms. The number of carbonyl (C=O) groups is 1. The van der Waals surface area contributed by atoms with E-state index in [1.807, 2.05) is 6.92 Å². The second kappa shape index (κ2) is 5.98. The van der Waals surface area contributed by atoms with Gasteiger partial charge >= 0.3 is 0 Å². The fourth-order valence-corrected chi connectivity index (χ4v) is 1.32. The summed E-state index contributed by atoms with van der Waals surface area (Å²) in [6, 6.07) is 0.785. The molecule has 1 saturated carbocycles. The third-order valence-corrected chi connectivity index (χ3v) is 2.19. The first kappa shape index (κ1) is 11.5. The third-order valence-electron chi connectivity index (χ3n) is 2.19. The van der Waals surface area contributed by atoms with Gasteiger partial charge in [-0.1, -0.05) is 0 Å². The van der Waals surface area contributed by atoms with Gasteiger partial charge in [0.25, 0.3) is 0 Å². The Hall–Kier alpha value is -0.610. The van der Waals surface area contributed by atoms with Gasteiger partial charge in [-0.2, -0.15) is 0 Å². The smallest absolute Gasteiger partial charge is 0.221 e. The minimum absolute atomic E-state index is 0.0997. The molecular weight excluding hydrogens is 180 g/mol. The molecule has 4 nitrogen and oxygen atoms in total. The first-order valence-electron chi connectivity index (χ1n) is 5.24. The Labute approximate surface area is 85.4 Å². The van der Waals surface area contributed by atoms with Crippen LogP contribution in [0.3, 0.4) is 0 Å². The molecule has 1 fully saturated rings. The van der Waals surface area contributed by atoms with E-state index in [0.29, 0.717) is 19.1 Å². The number of hydrogen-bond donors (Lipinski definition) is 2. The van der Waals surface area contributed by atoms with Crippen LogP contribution in [0.4, 0.5) is 0 Å². The van der Waals surface area contributed by atoms with Crippen LogP contribution >= 0.6 is 0 Å².